The van der Waals surface area contributed by atoms with Crippen molar-refractivity contribution < 1.29 is 13.2 Å². The van der Waals surface area contributed by atoms with Gasteiger partial charge in [-0.3, -0.25) is 14.4 Å². The van der Waals surface area contributed by atoms with Gasteiger partial charge in [-0.1, -0.05) is 41.3 Å². The quantitative estimate of drug-likeness (QED) is 0.251. The lowest BCUT2D eigenvalue weighted by Crippen LogP contribution is -2.30. The maximum Gasteiger partial charge on any atom is 0.264 e. The van der Waals surface area contributed by atoms with E-state index in [2.05, 4.69) is 15.3 Å². The molecule has 0 unspecified atom stereocenters. The number of thiazole rings is 2. The van der Waals surface area contributed by atoms with Crippen LogP contribution in [0.25, 0.3) is 20.4 Å². The largest absolute Gasteiger partial charge is 0.298 e. The Morgan fingerprint density at radius 2 is 1.60 bits per heavy atom. The molecule has 0 aliphatic carbocycles. The van der Waals surface area contributed by atoms with Crippen LogP contribution in [0.3, 0.4) is 0 Å². The first-order valence-electron chi connectivity index (χ1n) is 10.6. The average molecular weight is 541 g/mol. The van der Waals surface area contributed by atoms with Crippen LogP contribution in [0.1, 0.15) is 17.3 Å². The number of thioether (sulfide) groups is 1. The van der Waals surface area contributed by atoms with E-state index in [-0.39, 0.29) is 17.3 Å². The number of hydrogen-bond acceptors (Lipinski definition) is 8. The van der Waals surface area contributed by atoms with Crippen molar-refractivity contribution in [1.29, 1.82) is 0 Å². The summed E-state index contributed by atoms with van der Waals surface area (Å²) in [4.78, 5) is 22.1. The summed E-state index contributed by atoms with van der Waals surface area (Å²) in [7, 11) is -3.76. The molecule has 5 rings (SSSR count). The molecule has 7 nitrogen and oxygen atoms in total. The predicted molar refractivity (Wildman–Crippen MR) is 146 cm³/mol. The van der Waals surface area contributed by atoms with Crippen LogP contribution in [0.4, 0.5) is 10.8 Å². The Bertz CT molecular complexity index is 1630. The van der Waals surface area contributed by atoms with E-state index in [0.717, 1.165) is 24.8 Å². The topological polar surface area (TPSA) is 92.3 Å². The van der Waals surface area contributed by atoms with Gasteiger partial charge in [0.25, 0.3) is 15.9 Å². The number of nitrogens with one attached hydrogen (secondary N) is 1. The molecule has 0 radical (unpaired) electrons. The zero-order valence-electron chi connectivity index (χ0n) is 18.8. The van der Waals surface area contributed by atoms with Gasteiger partial charge >= 0.3 is 0 Å². The summed E-state index contributed by atoms with van der Waals surface area (Å²) in [6, 6.07) is 18.7. The average Bonchev–Trinajstić information content (AvgIpc) is 3.48. The molecule has 178 valence electrons. The summed E-state index contributed by atoms with van der Waals surface area (Å²) in [5.41, 5.74) is 2.66. The molecule has 3 aromatic carbocycles. The lowest BCUT2D eigenvalue weighted by atomic mass is 10.2. The number of anilines is 2. The Labute approximate surface area is 214 Å². The molecular weight excluding hydrogens is 521 g/mol. The molecule has 2 aromatic heterocycles. The molecule has 0 saturated carbocycles. The molecule has 0 atom stereocenters. The van der Waals surface area contributed by atoms with Gasteiger partial charge in [-0.05, 0) is 61.7 Å². The molecule has 0 aliphatic rings. The fourth-order valence-electron chi connectivity index (χ4n) is 3.65. The van der Waals surface area contributed by atoms with E-state index in [1.54, 1.807) is 54.3 Å². The second-order valence-corrected chi connectivity index (χ2v) is 12.4. The summed E-state index contributed by atoms with van der Waals surface area (Å²) in [6.07, 6.45) is 1.99. The Morgan fingerprint density at radius 3 is 2.26 bits per heavy atom. The third-order valence-corrected chi connectivity index (χ3v) is 10.4. The van der Waals surface area contributed by atoms with Gasteiger partial charge < -0.3 is 0 Å². The van der Waals surface area contributed by atoms with Gasteiger partial charge in [0.05, 0.1) is 31.0 Å². The first-order valence-corrected chi connectivity index (χ1v) is 14.9. The number of fused-ring (bicyclic) bond motifs is 3. The van der Waals surface area contributed by atoms with Crippen molar-refractivity contribution in [2.45, 2.75) is 16.2 Å². The van der Waals surface area contributed by atoms with Crippen molar-refractivity contribution in [3.63, 3.8) is 0 Å². The molecule has 5 aromatic rings. The third-order valence-electron chi connectivity index (χ3n) is 5.32. The van der Waals surface area contributed by atoms with Crippen molar-refractivity contribution in [3.05, 3.63) is 72.3 Å². The molecule has 0 aliphatic heterocycles. The number of amides is 1. The van der Waals surface area contributed by atoms with Crippen LogP contribution in [0.5, 0.6) is 0 Å². The summed E-state index contributed by atoms with van der Waals surface area (Å²) >= 11 is 4.61. The Balaban J connectivity index is 1.37. The highest BCUT2D eigenvalue weighted by atomic mass is 32.2. The van der Waals surface area contributed by atoms with E-state index < -0.39 is 10.0 Å². The normalized spacial score (nSPS) is 11.7. The monoisotopic (exact) mass is 540 g/mol. The van der Waals surface area contributed by atoms with E-state index in [9.17, 15) is 13.2 Å². The minimum absolute atomic E-state index is 0.122. The van der Waals surface area contributed by atoms with Gasteiger partial charge in [0.2, 0.25) is 0 Å². The number of hydrogen-bond donors (Lipinski definition) is 1. The maximum absolute atomic E-state index is 13.2. The molecule has 0 spiro atoms. The predicted octanol–water partition coefficient (Wildman–Crippen LogP) is 6.10. The summed E-state index contributed by atoms with van der Waals surface area (Å²) in [6.45, 7) is 2.07. The molecule has 0 bridgehead atoms. The van der Waals surface area contributed by atoms with Crippen LogP contribution in [-0.4, -0.2) is 37.1 Å². The second-order valence-electron chi connectivity index (χ2n) is 7.45. The van der Waals surface area contributed by atoms with Gasteiger partial charge in [-0.15, -0.1) is 11.3 Å². The lowest BCUT2D eigenvalue weighted by Gasteiger charge is -2.22. The molecule has 1 N–H and O–H groups in total. The van der Waals surface area contributed by atoms with Crippen LogP contribution in [-0.2, 0) is 10.0 Å². The molecular formula is C24H20N4O3S4. The smallest absolute Gasteiger partial charge is 0.264 e. The van der Waals surface area contributed by atoms with E-state index in [0.29, 0.717) is 16.4 Å². The van der Waals surface area contributed by atoms with Crippen molar-refractivity contribution in [1.82, 2.24) is 9.97 Å². The van der Waals surface area contributed by atoms with Crippen molar-refractivity contribution in [2.75, 3.05) is 22.4 Å². The summed E-state index contributed by atoms with van der Waals surface area (Å²) in [5, 5.41) is 3.32. The van der Waals surface area contributed by atoms with Crippen LogP contribution in [0.2, 0.25) is 0 Å². The molecule has 11 heteroatoms. The van der Waals surface area contributed by atoms with Gasteiger partial charge in [0.15, 0.2) is 9.47 Å². The van der Waals surface area contributed by atoms with Crippen LogP contribution in [0, 0.1) is 0 Å². The van der Waals surface area contributed by atoms with Crippen LogP contribution >= 0.6 is 34.4 Å². The Hall–Kier alpha value is -2.99. The number of carbonyl (C=O) groups excluding carboxylic acids is 1. The second kappa shape index (κ2) is 9.57. The molecule has 35 heavy (non-hydrogen) atoms. The minimum Gasteiger partial charge on any atom is -0.298 e. The standard InChI is InChI=1S/C24H20N4O3S4/c1-3-28(16-7-5-4-6-8-16)35(30,31)17-11-9-15(10-12-17)22(29)27-23-25-18-13-14-19-21(20(18)33-23)34-24(26-19)32-2/h4-14H,3H2,1-2H3,(H,25,27,29). The molecule has 0 saturated heterocycles. The Morgan fingerprint density at radius 1 is 0.943 bits per heavy atom. The number of rotatable bonds is 7. The molecule has 2 heterocycles. The fraction of sp³-hybridized carbons (Fsp3) is 0.125. The summed E-state index contributed by atoms with van der Waals surface area (Å²) in [5.74, 6) is -0.353. The van der Waals surface area contributed by atoms with E-state index in [4.69, 9.17) is 0 Å². The number of nitrogens with zero attached hydrogens (tertiary/aromatic N) is 3. The Kier molecular flexibility index (Phi) is 6.49. The van der Waals surface area contributed by atoms with E-state index in [1.165, 1.54) is 39.9 Å². The van der Waals surface area contributed by atoms with Gasteiger partial charge in [-0.25, -0.2) is 18.4 Å². The van der Waals surface area contributed by atoms with Crippen LogP contribution < -0.4 is 9.62 Å². The number of carbonyl (C=O) groups is 1. The van der Waals surface area contributed by atoms with Gasteiger partial charge in [-0.2, -0.15) is 0 Å². The number of para-hydroxylation sites is 1. The molecule has 0 fully saturated rings. The van der Waals surface area contributed by atoms with Gasteiger partial charge in [0.1, 0.15) is 0 Å². The summed E-state index contributed by atoms with van der Waals surface area (Å²) < 4.78 is 30.7. The number of sulfonamides is 1. The maximum atomic E-state index is 13.2. The molecule has 1 amide bonds. The van der Waals surface area contributed by atoms with Crippen molar-refractivity contribution in [2.24, 2.45) is 0 Å². The highest BCUT2D eigenvalue weighted by Crippen LogP contribution is 2.38. The lowest BCUT2D eigenvalue weighted by molar-refractivity contribution is 0.102. The zero-order chi connectivity index (χ0) is 24.6. The SMILES string of the molecule is CCN(c1ccccc1)S(=O)(=O)c1ccc(C(=O)Nc2nc3ccc4nc(SC)sc4c3s2)cc1. The van der Waals surface area contributed by atoms with E-state index in [1.807, 2.05) is 24.5 Å². The first-order chi connectivity index (χ1) is 16.9. The van der Waals surface area contributed by atoms with Gasteiger partial charge in [0, 0.05) is 12.1 Å². The minimum atomic E-state index is -3.76. The first kappa shape index (κ1) is 23.7. The highest BCUT2D eigenvalue weighted by molar-refractivity contribution is 8.00. The zero-order valence-corrected chi connectivity index (χ0v) is 22.0. The van der Waals surface area contributed by atoms with Crippen molar-refractivity contribution >= 4 is 81.6 Å². The van der Waals surface area contributed by atoms with Crippen LogP contribution in [0.15, 0.2) is 76.0 Å². The number of benzene rings is 3. The fourth-order valence-corrected chi connectivity index (χ4v) is 7.78. The van der Waals surface area contributed by atoms with Crippen molar-refractivity contribution in [3.8, 4) is 0 Å². The number of aromatic nitrogens is 2. The third kappa shape index (κ3) is 4.52. The highest BCUT2D eigenvalue weighted by Gasteiger charge is 2.24. The van der Waals surface area contributed by atoms with E-state index >= 15 is 0 Å².